The summed E-state index contributed by atoms with van der Waals surface area (Å²) in [4.78, 5) is 14.2. The number of alkyl halides is 2. The fourth-order valence-corrected chi connectivity index (χ4v) is 3.84. The Morgan fingerprint density at radius 1 is 1.36 bits per heavy atom. The first-order chi connectivity index (χ1) is 10.5. The molecule has 1 heterocycles. The standard InChI is InChI=1S/C17H21F2NO2/c1-2-22-15(21)16-9-8-14(17(16,18)19)11-20(12-16)10-13-6-4-3-5-7-13/h3-7,14H,2,8-12H2,1H3. The second-order valence-electron chi connectivity index (χ2n) is 6.32. The van der Waals surface area contributed by atoms with Gasteiger partial charge in [0, 0.05) is 25.6 Å². The zero-order chi connectivity index (χ0) is 15.8. The number of carbonyl (C=O) groups is 1. The van der Waals surface area contributed by atoms with Gasteiger partial charge in [-0.15, -0.1) is 0 Å². The van der Waals surface area contributed by atoms with E-state index in [-0.39, 0.29) is 19.6 Å². The topological polar surface area (TPSA) is 29.5 Å². The first kappa shape index (κ1) is 15.4. The van der Waals surface area contributed by atoms with Crippen LogP contribution in [0.15, 0.2) is 30.3 Å². The molecule has 0 N–H and O–H groups in total. The normalized spacial score (nSPS) is 30.2. The number of fused-ring (bicyclic) bond motifs is 2. The lowest BCUT2D eigenvalue weighted by Crippen LogP contribution is -2.59. The predicted molar refractivity (Wildman–Crippen MR) is 78.5 cm³/mol. The summed E-state index contributed by atoms with van der Waals surface area (Å²) in [5.74, 6) is -4.46. The van der Waals surface area contributed by atoms with Crippen molar-refractivity contribution in [1.82, 2.24) is 4.90 Å². The van der Waals surface area contributed by atoms with E-state index in [0.29, 0.717) is 19.5 Å². The summed E-state index contributed by atoms with van der Waals surface area (Å²) in [6.45, 7) is 2.80. The summed E-state index contributed by atoms with van der Waals surface area (Å²) in [6, 6.07) is 9.75. The van der Waals surface area contributed by atoms with Gasteiger partial charge in [0.2, 0.25) is 0 Å². The molecule has 22 heavy (non-hydrogen) atoms. The Labute approximate surface area is 129 Å². The van der Waals surface area contributed by atoms with Crippen molar-refractivity contribution in [2.75, 3.05) is 19.7 Å². The van der Waals surface area contributed by atoms with Crippen molar-refractivity contribution in [2.24, 2.45) is 11.3 Å². The monoisotopic (exact) mass is 309 g/mol. The molecule has 3 rings (SSSR count). The first-order valence-corrected chi connectivity index (χ1v) is 7.81. The van der Waals surface area contributed by atoms with Crippen LogP contribution in [0.3, 0.4) is 0 Å². The zero-order valence-electron chi connectivity index (χ0n) is 12.7. The minimum absolute atomic E-state index is 0.0736. The number of ether oxygens (including phenoxy) is 1. The molecule has 2 aliphatic rings. The summed E-state index contributed by atoms with van der Waals surface area (Å²) in [5.41, 5.74) is -0.591. The van der Waals surface area contributed by atoms with Gasteiger partial charge in [-0.2, -0.15) is 0 Å². The van der Waals surface area contributed by atoms with Crippen molar-refractivity contribution >= 4 is 5.97 Å². The van der Waals surface area contributed by atoms with Crippen molar-refractivity contribution in [3.05, 3.63) is 35.9 Å². The predicted octanol–water partition coefficient (Wildman–Crippen LogP) is 3.10. The third kappa shape index (κ3) is 2.32. The molecule has 2 atom stereocenters. The first-order valence-electron chi connectivity index (χ1n) is 7.81. The number of benzene rings is 1. The minimum atomic E-state index is -2.97. The lowest BCUT2D eigenvalue weighted by molar-refractivity contribution is -0.202. The fraction of sp³-hybridized carbons (Fsp3) is 0.588. The molecule has 5 heteroatoms. The molecule has 0 aromatic heterocycles. The van der Waals surface area contributed by atoms with Crippen molar-refractivity contribution in [1.29, 1.82) is 0 Å². The van der Waals surface area contributed by atoms with Gasteiger partial charge in [-0.25, -0.2) is 8.78 Å². The molecule has 120 valence electrons. The Kier molecular flexibility index (Phi) is 3.93. The molecular formula is C17H21F2NO2. The quantitative estimate of drug-likeness (QED) is 0.801. The van der Waals surface area contributed by atoms with Crippen LogP contribution in [-0.2, 0) is 16.1 Å². The maximum absolute atomic E-state index is 14.7. The minimum Gasteiger partial charge on any atom is -0.465 e. The molecule has 1 aromatic rings. The van der Waals surface area contributed by atoms with Crippen molar-refractivity contribution in [2.45, 2.75) is 32.2 Å². The van der Waals surface area contributed by atoms with Crippen LogP contribution in [0.1, 0.15) is 25.3 Å². The molecule has 0 amide bonds. The van der Waals surface area contributed by atoms with Crippen LogP contribution < -0.4 is 0 Å². The molecule has 2 bridgehead atoms. The van der Waals surface area contributed by atoms with Gasteiger partial charge < -0.3 is 4.74 Å². The number of hydrogen-bond donors (Lipinski definition) is 0. The van der Waals surface area contributed by atoms with Crippen LogP contribution in [0, 0.1) is 11.3 Å². The Balaban J connectivity index is 1.83. The van der Waals surface area contributed by atoms with E-state index in [1.54, 1.807) is 6.92 Å². The number of likely N-dealkylation sites (tertiary alicyclic amines) is 1. The van der Waals surface area contributed by atoms with Gasteiger partial charge in [0.1, 0.15) is 5.41 Å². The van der Waals surface area contributed by atoms with E-state index in [4.69, 9.17) is 4.74 Å². The van der Waals surface area contributed by atoms with Gasteiger partial charge in [0.05, 0.1) is 6.61 Å². The lowest BCUT2D eigenvalue weighted by atomic mass is 9.78. The summed E-state index contributed by atoms with van der Waals surface area (Å²) in [6.07, 6.45) is 0.603. The largest absolute Gasteiger partial charge is 0.465 e. The van der Waals surface area contributed by atoms with Crippen LogP contribution in [0.25, 0.3) is 0 Å². The van der Waals surface area contributed by atoms with Crippen LogP contribution in [-0.4, -0.2) is 36.5 Å². The van der Waals surface area contributed by atoms with Crippen molar-refractivity contribution < 1.29 is 18.3 Å². The molecule has 1 saturated carbocycles. The average Bonchev–Trinajstić information content (AvgIpc) is 2.65. The highest BCUT2D eigenvalue weighted by Gasteiger charge is 2.70. The number of rotatable bonds is 4. The number of esters is 1. The molecule has 0 spiro atoms. The van der Waals surface area contributed by atoms with Gasteiger partial charge in [0.25, 0.3) is 5.92 Å². The smallest absolute Gasteiger partial charge is 0.319 e. The fourth-order valence-electron chi connectivity index (χ4n) is 3.84. The van der Waals surface area contributed by atoms with Crippen LogP contribution in [0.2, 0.25) is 0 Å². The Morgan fingerprint density at radius 2 is 2.09 bits per heavy atom. The summed E-state index contributed by atoms with van der Waals surface area (Å²) in [5, 5.41) is 0. The molecule has 2 unspecified atom stereocenters. The lowest BCUT2D eigenvalue weighted by Gasteiger charge is -2.44. The van der Waals surface area contributed by atoms with Gasteiger partial charge in [-0.05, 0) is 25.3 Å². The molecule has 1 saturated heterocycles. The number of piperidine rings is 1. The summed E-state index contributed by atoms with van der Waals surface area (Å²) >= 11 is 0. The van der Waals surface area contributed by atoms with Crippen LogP contribution in [0.4, 0.5) is 8.78 Å². The second-order valence-corrected chi connectivity index (χ2v) is 6.32. The van der Waals surface area contributed by atoms with E-state index in [2.05, 4.69) is 0 Å². The SMILES string of the molecule is CCOC(=O)C12CCC(CN(Cc3ccccc3)C1)C2(F)F. The Morgan fingerprint density at radius 3 is 2.77 bits per heavy atom. The third-order valence-electron chi connectivity index (χ3n) is 4.96. The maximum atomic E-state index is 14.7. The highest BCUT2D eigenvalue weighted by Crippen LogP contribution is 2.57. The van der Waals surface area contributed by atoms with E-state index in [0.717, 1.165) is 5.56 Å². The Hall–Kier alpha value is -1.49. The van der Waals surface area contributed by atoms with E-state index in [9.17, 15) is 13.6 Å². The average molecular weight is 309 g/mol. The molecule has 2 fully saturated rings. The molecular weight excluding hydrogens is 288 g/mol. The van der Waals surface area contributed by atoms with E-state index in [1.165, 1.54) is 0 Å². The van der Waals surface area contributed by atoms with Crippen molar-refractivity contribution in [3.8, 4) is 0 Å². The van der Waals surface area contributed by atoms with E-state index >= 15 is 0 Å². The number of halogens is 2. The third-order valence-corrected chi connectivity index (χ3v) is 4.96. The molecule has 3 nitrogen and oxygen atoms in total. The molecule has 1 aromatic carbocycles. The van der Waals surface area contributed by atoms with Gasteiger partial charge in [0.15, 0.2) is 0 Å². The zero-order valence-corrected chi connectivity index (χ0v) is 12.7. The highest BCUT2D eigenvalue weighted by atomic mass is 19.3. The molecule has 1 aliphatic heterocycles. The molecule has 1 aliphatic carbocycles. The molecule has 0 radical (unpaired) electrons. The van der Waals surface area contributed by atoms with Gasteiger partial charge in [-0.1, -0.05) is 30.3 Å². The number of nitrogens with zero attached hydrogens (tertiary/aromatic N) is 1. The second kappa shape index (κ2) is 5.61. The van der Waals surface area contributed by atoms with E-state index in [1.807, 2.05) is 35.2 Å². The van der Waals surface area contributed by atoms with E-state index < -0.39 is 23.2 Å². The summed E-state index contributed by atoms with van der Waals surface area (Å²) < 4.78 is 34.3. The highest BCUT2D eigenvalue weighted by molar-refractivity contribution is 5.79. The Bertz CT molecular complexity index is 549. The summed E-state index contributed by atoms with van der Waals surface area (Å²) in [7, 11) is 0. The number of carbonyl (C=O) groups excluding carboxylic acids is 1. The van der Waals surface area contributed by atoms with Crippen molar-refractivity contribution in [3.63, 3.8) is 0 Å². The van der Waals surface area contributed by atoms with Crippen LogP contribution >= 0.6 is 0 Å². The van der Waals surface area contributed by atoms with Gasteiger partial charge in [-0.3, -0.25) is 9.69 Å². The maximum Gasteiger partial charge on any atom is 0.319 e. The number of hydrogen-bond acceptors (Lipinski definition) is 3. The van der Waals surface area contributed by atoms with Crippen LogP contribution in [0.5, 0.6) is 0 Å². The van der Waals surface area contributed by atoms with Gasteiger partial charge >= 0.3 is 5.97 Å².